The number of nitrogens with zero attached hydrogens (tertiary/aromatic N) is 5. The number of piperidine rings is 1. The molecule has 0 aromatic carbocycles. The van der Waals surface area contributed by atoms with Gasteiger partial charge in [-0.25, -0.2) is 4.98 Å². The Kier molecular flexibility index (Phi) is 5.34. The molecule has 0 bridgehead atoms. The van der Waals surface area contributed by atoms with Crippen LogP contribution in [0.15, 0.2) is 24.5 Å². The van der Waals surface area contributed by atoms with Crippen LogP contribution in [0, 0.1) is 16.7 Å². The van der Waals surface area contributed by atoms with Gasteiger partial charge < -0.3 is 15.2 Å². The molecule has 2 aromatic heterocycles. The third kappa shape index (κ3) is 3.83. The van der Waals surface area contributed by atoms with E-state index >= 15 is 0 Å². The number of pyridine rings is 1. The summed E-state index contributed by atoms with van der Waals surface area (Å²) in [5.41, 5.74) is 8.51. The number of aromatic nitrogens is 3. The number of nitrogens with two attached hydrogens (primary N) is 1. The number of nitrogens with one attached hydrogen (secondary N) is 1. The molecule has 1 saturated heterocycles. The van der Waals surface area contributed by atoms with Crippen LogP contribution in [0.3, 0.4) is 0 Å². The lowest BCUT2D eigenvalue weighted by Crippen LogP contribution is -2.50. The number of anilines is 2. The monoisotopic (exact) mass is 425 g/mol. The van der Waals surface area contributed by atoms with Crippen LogP contribution in [0.1, 0.15) is 56.5 Å². The lowest BCUT2D eigenvalue weighted by atomic mass is 9.73. The average molecular weight is 426 g/mol. The van der Waals surface area contributed by atoms with Gasteiger partial charge in [0.25, 0.3) is 0 Å². The maximum Gasteiger partial charge on any atom is 0.228 e. The molecule has 9 heteroatoms. The van der Waals surface area contributed by atoms with Gasteiger partial charge in [0, 0.05) is 48.3 Å². The quantitative estimate of drug-likeness (QED) is 0.717. The Morgan fingerprint density at radius 2 is 2.07 bits per heavy atom. The largest absolute Gasteiger partial charge is 0.598 e. The fraction of sp³-hybridized carbons (Fsp3) is 0.524. The topological polar surface area (TPSA) is 127 Å². The van der Waals surface area contributed by atoms with Crippen molar-refractivity contribution in [1.29, 1.82) is 5.26 Å². The minimum absolute atomic E-state index is 0.00846. The lowest BCUT2D eigenvalue weighted by Gasteiger charge is -2.43. The second kappa shape index (κ2) is 7.69. The highest BCUT2D eigenvalue weighted by molar-refractivity contribution is 7.90. The van der Waals surface area contributed by atoms with Gasteiger partial charge in [-0.1, -0.05) is 0 Å². The normalized spacial score (nSPS) is 21.3. The van der Waals surface area contributed by atoms with Gasteiger partial charge in [-0.15, -0.1) is 4.72 Å². The summed E-state index contributed by atoms with van der Waals surface area (Å²) in [4.78, 5) is 15.1. The van der Waals surface area contributed by atoms with Crippen molar-refractivity contribution in [3.63, 3.8) is 0 Å². The SMILES string of the molecule is CC(C)(C)[S+]([O-])N[C@@H]1c2ccncc2CC12CCN(c1nc(N)cc(C#N)n1)CC2. The summed E-state index contributed by atoms with van der Waals surface area (Å²) in [6, 6.07) is 5.58. The van der Waals surface area contributed by atoms with Gasteiger partial charge >= 0.3 is 0 Å². The van der Waals surface area contributed by atoms with E-state index in [0.717, 1.165) is 32.4 Å². The predicted molar refractivity (Wildman–Crippen MR) is 117 cm³/mol. The summed E-state index contributed by atoms with van der Waals surface area (Å²) in [5, 5.41) is 9.18. The first-order valence-corrected chi connectivity index (χ1v) is 11.3. The van der Waals surface area contributed by atoms with Crippen LogP contribution in [-0.2, 0) is 17.8 Å². The molecule has 2 atom stereocenters. The number of fused-ring (bicyclic) bond motifs is 1. The molecule has 1 fully saturated rings. The number of nitrogen functional groups attached to an aromatic ring is 1. The molecule has 4 rings (SSSR count). The highest BCUT2D eigenvalue weighted by atomic mass is 32.2. The second-order valence-corrected chi connectivity index (χ2v) is 11.1. The van der Waals surface area contributed by atoms with Crippen molar-refractivity contribution >= 4 is 23.1 Å². The molecule has 2 aliphatic rings. The van der Waals surface area contributed by atoms with Gasteiger partial charge in [0.2, 0.25) is 5.95 Å². The average Bonchev–Trinajstić information content (AvgIpc) is 3.00. The molecule has 0 amide bonds. The van der Waals surface area contributed by atoms with E-state index in [0.29, 0.717) is 11.8 Å². The maximum absolute atomic E-state index is 13.0. The zero-order valence-corrected chi connectivity index (χ0v) is 18.4. The molecule has 1 unspecified atom stereocenters. The molecule has 1 spiro atoms. The van der Waals surface area contributed by atoms with Crippen molar-refractivity contribution in [2.75, 3.05) is 23.7 Å². The Hall–Kier alpha value is -2.41. The van der Waals surface area contributed by atoms with Crippen LogP contribution < -0.4 is 15.4 Å². The molecule has 8 nitrogen and oxygen atoms in total. The van der Waals surface area contributed by atoms with E-state index in [1.807, 2.05) is 45.3 Å². The summed E-state index contributed by atoms with van der Waals surface area (Å²) < 4.78 is 16.1. The number of hydrogen-bond donors (Lipinski definition) is 2. The first-order valence-electron chi connectivity index (χ1n) is 10.1. The van der Waals surface area contributed by atoms with Crippen LogP contribution >= 0.6 is 0 Å². The van der Waals surface area contributed by atoms with Crippen molar-refractivity contribution in [2.24, 2.45) is 5.41 Å². The zero-order valence-electron chi connectivity index (χ0n) is 17.6. The van der Waals surface area contributed by atoms with E-state index in [9.17, 15) is 9.81 Å². The Balaban J connectivity index is 1.58. The van der Waals surface area contributed by atoms with Gasteiger partial charge in [-0.2, -0.15) is 10.2 Å². The molecule has 3 heterocycles. The lowest BCUT2D eigenvalue weighted by molar-refractivity contribution is 0.175. The first-order chi connectivity index (χ1) is 14.2. The van der Waals surface area contributed by atoms with Crippen molar-refractivity contribution in [1.82, 2.24) is 19.7 Å². The third-order valence-corrected chi connectivity index (χ3v) is 7.64. The molecule has 1 aliphatic heterocycles. The summed E-state index contributed by atoms with van der Waals surface area (Å²) in [7, 11) is 0. The predicted octanol–water partition coefficient (Wildman–Crippen LogP) is 2.26. The zero-order chi connectivity index (χ0) is 21.5. The van der Waals surface area contributed by atoms with Gasteiger partial charge in [0.1, 0.15) is 22.3 Å². The molecule has 0 saturated carbocycles. The van der Waals surface area contributed by atoms with E-state index in [1.54, 1.807) is 0 Å². The van der Waals surface area contributed by atoms with E-state index in [-0.39, 0.29) is 21.9 Å². The van der Waals surface area contributed by atoms with E-state index in [2.05, 4.69) is 24.6 Å². The molecule has 0 radical (unpaired) electrons. The van der Waals surface area contributed by atoms with Crippen LogP contribution in [0.4, 0.5) is 11.8 Å². The number of hydrogen-bond acceptors (Lipinski definition) is 8. The summed E-state index contributed by atoms with van der Waals surface area (Å²) in [5.74, 6) is 0.803. The summed E-state index contributed by atoms with van der Waals surface area (Å²) in [6.45, 7) is 7.44. The van der Waals surface area contributed by atoms with E-state index < -0.39 is 11.4 Å². The Morgan fingerprint density at radius 3 is 2.73 bits per heavy atom. The van der Waals surface area contributed by atoms with E-state index in [4.69, 9.17) is 5.73 Å². The van der Waals surface area contributed by atoms with Crippen molar-refractivity contribution in [3.8, 4) is 6.07 Å². The Labute approximate surface area is 180 Å². The molecule has 2 aromatic rings. The highest BCUT2D eigenvalue weighted by Crippen LogP contribution is 2.52. The Morgan fingerprint density at radius 1 is 1.33 bits per heavy atom. The molecule has 3 N–H and O–H groups in total. The van der Waals surface area contributed by atoms with Gasteiger partial charge in [-0.05, 0) is 57.2 Å². The number of nitriles is 1. The highest BCUT2D eigenvalue weighted by Gasteiger charge is 2.50. The summed E-state index contributed by atoms with van der Waals surface area (Å²) in [6.07, 6.45) is 6.43. The van der Waals surface area contributed by atoms with Crippen LogP contribution in [0.2, 0.25) is 0 Å². The molecular formula is C21H27N7OS. The standard InChI is InChI=1S/C21H27N7OS/c1-20(2,3)30(29)27-18-16-4-7-24-13-14(16)11-21(18)5-8-28(9-6-21)19-25-15(12-22)10-17(23)26-19/h4,7,10,13,18,27H,5-6,8-9,11H2,1-3H3,(H2,23,25,26)/t18-,30?/m1/s1. The van der Waals surface area contributed by atoms with Crippen LogP contribution in [0.25, 0.3) is 0 Å². The third-order valence-electron chi connectivity index (χ3n) is 6.08. The Bertz CT molecular complexity index is 976. The van der Waals surface area contributed by atoms with Crippen molar-refractivity contribution in [2.45, 2.75) is 50.8 Å². The minimum atomic E-state index is -1.18. The molecule has 158 valence electrons. The minimum Gasteiger partial charge on any atom is -0.598 e. The first kappa shape index (κ1) is 20.8. The fourth-order valence-corrected chi connectivity index (χ4v) is 5.36. The van der Waals surface area contributed by atoms with Crippen LogP contribution in [0.5, 0.6) is 0 Å². The molecule has 1 aliphatic carbocycles. The van der Waals surface area contributed by atoms with E-state index in [1.165, 1.54) is 17.2 Å². The maximum atomic E-state index is 13.0. The van der Waals surface area contributed by atoms with Crippen LogP contribution in [-0.4, -0.2) is 37.3 Å². The van der Waals surface area contributed by atoms with Crippen molar-refractivity contribution in [3.05, 3.63) is 41.3 Å². The number of rotatable bonds is 3. The smallest absolute Gasteiger partial charge is 0.228 e. The molecular weight excluding hydrogens is 398 g/mol. The summed E-state index contributed by atoms with van der Waals surface area (Å²) >= 11 is -1.18. The van der Waals surface area contributed by atoms with Crippen molar-refractivity contribution < 1.29 is 4.55 Å². The molecule has 30 heavy (non-hydrogen) atoms. The second-order valence-electron chi connectivity index (χ2n) is 9.12. The van der Waals surface area contributed by atoms with Gasteiger partial charge in [-0.3, -0.25) is 4.98 Å². The van der Waals surface area contributed by atoms with Gasteiger partial charge in [0.15, 0.2) is 0 Å². The van der Waals surface area contributed by atoms with Gasteiger partial charge in [0.05, 0.1) is 6.04 Å². The fourth-order valence-electron chi connectivity index (χ4n) is 4.42.